The number of nitrogens with one attached hydrogen (secondary N) is 3. The predicted molar refractivity (Wildman–Crippen MR) is 146 cm³/mol. The van der Waals surface area contributed by atoms with E-state index in [1.54, 1.807) is 30.3 Å². The van der Waals surface area contributed by atoms with Crippen LogP contribution in [0.4, 0.5) is 0 Å². The second-order valence-corrected chi connectivity index (χ2v) is 9.70. The minimum Gasteiger partial charge on any atom is -0.480 e. The molecule has 0 aliphatic carbocycles. The second kappa shape index (κ2) is 17.2. The van der Waals surface area contributed by atoms with E-state index in [4.69, 9.17) is 17.2 Å². The maximum atomic E-state index is 13.2. The summed E-state index contributed by atoms with van der Waals surface area (Å²) in [5.74, 6) is -2.94. The van der Waals surface area contributed by atoms with Gasteiger partial charge in [-0.1, -0.05) is 30.3 Å². The number of nitrogens with zero attached hydrogens (tertiary/aromatic N) is 1. The number of benzene rings is 1. The summed E-state index contributed by atoms with van der Waals surface area (Å²) in [4.78, 5) is 54.2. The largest absolute Gasteiger partial charge is 0.480 e. The van der Waals surface area contributed by atoms with Crippen LogP contribution < -0.4 is 33.2 Å². The molecule has 0 fully saturated rings. The van der Waals surface area contributed by atoms with Gasteiger partial charge in [-0.05, 0) is 43.8 Å². The number of aliphatic hydroxyl groups excluding tert-OH is 1. The molecule has 0 aromatic heterocycles. The number of aliphatic carboxylic acids is 1. The monoisotopic (exact) mass is 553 g/mol. The molecule has 14 heteroatoms. The Morgan fingerprint density at radius 3 is 2.16 bits per heavy atom. The smallest absolute Gasteiger partial charge is 0.326 e. The second-order valence-electron chi connectivity index (χ2n) is 8.71. The fourth-order valence-electron chi connectivity index (χ4n) is 3.40. The Morgan fingerprint density at radius 1 is 0.974 bits per heavy atom. The Labute approximate surface area is 226 Å². The molecular formula is C24H39N7O6S. The molecule has 3 amide bonds. The first-order chi connectivity index (χ1) is 18.0. The predicted octanol–water partition coefficient (Wildman–Crippen LogP) is -1.72. The molecule has 0 bridgehead atoms. The summed E-state index contributed by atoms with van der Waals surface area (Å²) in [6.07, 6.45) is 1.32. The number of carboxylic acids is 1. The highest BCUT2D eigenvalue weighted by Crippen LogP contribution is 2.07. The summed E-state index contributed by atoms with van der Waals surface area (Å²) in [6.45, 7) is 1.50. The molecule has 38 heavy (non-hydrogen) atoms. The third kappa shape index (κ3) is 12.3. The number of aliphatic hydroxyl groups is 1. The number of nitrogens with two attached hydrogens (primary N) is 3. The van der Waals surface area contributed by atoms with Crippen molar-refractivity contribution in [3.05, 3.63) is 35.9 Å². The van der Waals surface area contributed by atoms with E-state index in [0.29, 0.717) is 17.7 Å². The van der Waals surface area contributed by atoms with Crippen LogP contribution in [0.15, 0.2) is 35.3 Å². The lowest BCUT2D eigenvalue weighted by Gasteiger charge is -2.26. The van der Waals surface area contributed by atoms with Gasteiger partial charge in [-0.15, -0.1) is 0 Å². The molecule has 0 heterocycles. The number of carbonyl (C=O) groups excluding carboxylic acids is 3. The van der Waals surface area contributed by atoms with E-state index in [1.807, 2.05) is 6.26 Å². The molecule has 0 radical (unpaired) electrons. The molecule has 13 nitrogen and oxygen atoms in total. The van der Waals surface area contributed by atoms with E-state index in [1.165, 1.54) is 18.7 Å². The van der Waals surface area contributed by atoms with E-state index in [9.17, 15) is 29.4 Å². The highest BCUT2D eigenvalue weighted by atomic mass is 32.2. The van der Waals surface area contributed by atoms with Gasteiger partial charge in [0.05, 0.1) is 12.1 Å². The van der Waals surface area contributed by atoms with E-state index in [0.717, 1.165) is 0 Å². The number of carboxylic acid groups (broad SMARTS) is 1. The van der Waals surface area contributed by atoms with Gasteiger partial charge in [-0.25, -0.2) is 4.79 Å². The van der Waals surface area contributed by atoms with Crippen molar-refractivity contribution in [2.75, 3.05) is 18.6 Å². The Kier molecular flexibility index (Phi) is 14.8. The Hall–Kier alpha value is -3.36. The van der Waals surface area contributed by atoms with Crippen molar-refractivity contribution in [3.8, 4) is 0 Å². The van der Waals surface area contributed by atoms with Gasteiger partial charge in [0.1, 0.15) is 18.1 Å². The first-order valence-electron chi connectivity index (χ1n) is 12.1. The van der Waals surface area contributed by atoms with Crippen LogP contribution >= 0.6 is 11.8 Å². The van der Waals surface area contributed by atoms with E-state index in [2.05, 4.69) is 20.9 Å². The van der Waals surface area contributed by atoms with Crippen molar-refractivity contribution in [3.63, 3.8) is 0 Å². The molecule has 0 aliphatic rings. The molecule has 11 N–H and O–H groups in total. The van der Waals surface area contributed by atoms with Gasteiger partial charge >= 0.3 is 5.97 Å². The van der Waals surface area contributed by atoms with Crippen LogP contribution in [-0.4, -0.2) is 88.7 Å². The van der Waals surface area contributed by atoms with Crippen LogP contribution in [0.1, 0.15) is 31.7 Å². The van der Waals surface area contributed by atoms with Crippen molar-refractivity contribution in [1.82, 2.24) is 16.0 Å². The molecule has 0 aliphatic heterocycles. The Bertz CT molecular complexity index is 943. The van der Waals surface area contributed by atoms with Crippen LogP contribution in [0.2, 0.25) is 0 Å². The number of rotatable bonds is 17. The topological polar surface area (TPSA) is 235 Å². The van der Waals surface area contributed by atoms with Gasteiger partial charge in [-0.2, -0.15) is 11.8 Å². The van der Waals surface area contributed by atoms with Crippen molar-refractivity contribution in [2.24, 2.45) is 22.2 Å². The first kappa shape index (κ1) is 32.7. The first-order valence-corrected chi connectivity index (χ1v) is 13.5. The quantitative estimate of drug-likeness (QED) is 0.0617. The van der Waals surface area contributed by atoms with Crippen molar-refractivity contribution < 1.29 is 29.4 Å². The summed E-state index contributed by atoms with van der Waals surface area (Å²) in [7, 11) is 0. The van der Waals surface area contributed by atoms with Crippen LogP contribution in [0, 0.1) is 0 Å². The molecule has 5 unspecified atom stereocenters. The van der Waals surface area contributed by atoms with E-state index < -0.39 is 54.0 Å². The number of amides is 3. The number of hydrogen-bond acceptors (Lipinski definition) is 8. The molecule has 0 saturated heterocycles. The molecule has 0 spiro atoms. The van der Waals surface area contributed by atoms with Crippen LogP contribution in [-0.2, 0) is 25.6 Å². The summed E-state index contributed by atoms with van der Waals surface area (Å²) < 4.78 is 0. The fraction of sp³-hybridized carbons (Fsp3) is 0.542. The molecular weight excluding hydrogens is 514 g/mol. The maximum Gasteiger partial charge on any atom is 0.326 e. The molecule has 1 rings (SSSR count). The SMILES string of the molecule is CSCCC(N)C(=O)NC(C(=O)NC(Cc1ccccc1)C(=O)NC(CCCN=C(N)N)C(=O)O)C(C)O. The molecule has 1 aromatic carbocycles. The Balaban J connectivity index is 3.04. The van der Waals surface area contributed by atoms with Crippen LogP contribution in [0.5, 0.6) is 0 Å². The zero-order chi connectivity index (χ0) is 28.7. The average Bonchev–Trinajstić information content (AvgIpc) is 2.86. The van der Waals surface area contributed by atoms with Gasteiger partial charge in [0, 0.05) is 13.0 Å². The third-order valence-corrected chi connectivity index (χ3v) is 6.15. The molecule has 5 atom stereocenters. The van der Waals surface area contributed by atoms with Crippen molar-refractivity contribution in [1.29, 1.82) is 0 Å². The number of aliphatic imine (C=N–C) groups is 1. The standard InChI is InChI=1S/C24H39N7O6S/c1-14(32)19(31-20(33)16(25)10-12-38-2)22(35)30-18(13-15-7-4-3-5-8-15)21(34)29-17(23(36)37)9-6-11-28-24(26)27/h3-5,7-8,14,16-19,32H,6,9-13,25H2,1-2H3,(H,29,34)(H,30,35)(H,31,33)(H,36,37)(H4,26,27,28). The number of guanidine groups is 1. The van der Waals surface area contributed by atoms with Gasteiger partial charge in [0.2, 0.25) is 17.7 Å². The zero-order valence-corrected chi connectivity index (χ0v) is 22.4. The summed E-state index contributed by atoms with van der Waals surface area (Å²) in [5.41, 5.74) is 17.1. The molecule has 1 aromatic rings. The maximum absolute atomic E-state index is 13.2. The summed E-state index contributed by atoms with van der Waals surface area (Å²) in [5, 5.41) is 27.2. The summed E-state index contributed by atoms with van der Waals surface area (Å²) in [6, 6.07) is 4.06. The highest BCUT2D eigenvalue weighted by molar-refractivity contribution is 7.98. The van der Waals surface area contributed by atoms with E-state index in [-0.39, 0.29) is 31.8 Å². The summed E-state index contributed by atoms with van der Waals surface area (Å²) >= 11 is 1.51. The Morgan fingerprint density at radius 2 is 1.61 bits per heavy atom. The molecule has 212 valence electrons. The van der Waals surface area contributed by atoms with Crippen molar-refractivity contribution >= 4 is 41.4 Å². The van der Waals surface area contributed by atoms with Crippen LogP contribution in [0.25, 0.3) is 0 Å². The molecule has 0 saturated carbocycles. The van der Waals surface area contributed by atoms with E-state index >= 15 is 0 Å². The van der Waals surface area contributed by atoms with Gasteiger partial charge in [-0.3, -0.25) is 19.4 Å². The zero-order valence-electron chi connectivity index (χ0n) is 21.6. The lowest BCUT2D eigenvalue weighted by Crippen LogP contribution is -2.60. The van der Waals surface area contributed by atoms with Gasteiger partial charge in [0.15, 0.2) is 5.96 Å². The highest BCUT2D eigenvalue weighted by Gasteiger charge is 2.32. The van der Waals surface area contributed by atoms with Crippen molar-refractivity contribution in [2.45, 2.75) is 62.9 Å². The number of thioether (sulfide) groups is 1. The normalized spacial score (nSPS) is 14.7. The van der Waals surface area contributed by atoms with Gasteiger partial charge < -0.3 is 43.4 Å². The third-order valence-electron chi connectivity index (χ3n) is 5.51. The minimum atomic E-state index is -1.39. The van der Waals surface area contributed by atoms with Crippen LogP contribution in [0.3, 0.4) is 0 Å². The fourth-order valence-corrected chi connectivity index (χ4v) is 3.88. The minimum absolute atomic E-state index is 0.0342. The van der Waals surface area contributed by atoms with Gasteiger partial charge in [0.25, 0.3) is 0 Å². The number of hydrogen-bond donors (Lipinski definition) is 8. The lowest BCUT2D eigenvalue weighted by molar-refractivity contribution is -0.142. The average molecular weight is 554 g/mol. The number of carbonyl (C=O) groups is 4. The lowest BCUT2D eigenvalue weighted by atomic mass is 10.0.